The number of ether oxygens (including phenoxy) is 2. The number of fused-ring (bicyclic) bond motifs is 2. The van der Waals surface area contributed by atoms with Gasteiger partial charge in [0.1, 0.15) is 11.9 Å². The van der Waals surface area contributed by atoms with E-state index in [-0.39, 0.29) is 17.1 Å². The SMILES string of the molecule is CC(Oc1cc2cc(F)c(Cl)cc2nc1N)c1cc2c(cnn2C2CCCCO2)cc1-n1cccn1. The van der Waals surface area contributed by atoms with E-state index in [1.165, 1.54) is 12.1 Å². The second kappa shape index (κ2) is 9.07. The van der Waals surface area contributed by atoms with Crippen molar-refractivity contribution in [2.45, 2.75) is 38.5 Å². The molecule has 2 unspecified atom stereocenters. The molecule has 6 rings (SSSR count). The quantitative estimate of drug-likeness (QED) is 0.315. The molecule has 0 amide bonds. The van der Waals surface area contributed by atoms with Gasteiger partial charge in [0.25, 0.3) is 0 Å². The predicted octanol–water partition coefficient (Wildman–Crippen LogP) is 5.98. The number of halogens is 2. The van der Waals surface area contributed by atoms with E-state index in [4.69, 9.17) is 26.8 Å². The summed E-state index contributed by atoms with van der Waals surface area (Å²) in [4.78, 5) is 4.37. The smallest absolute Gasteiger partial charge is 0.166 e. The second-order valence-corrected chi connectivity index (χ2v) is 9.33. The largest absolute Gasteiger partial charge is 0.482 e. The fraction of sp³-hybridized carbons (Fsp3) is 0.269. The molecule has 1 aliphatic heterocycles. The number of rotatable bonds is 5. The molecular formula is C26H24ClFN6O2. The van der Waals surface area contributed by atoms with E-state index in [9.17, 15) is 4.39 Å². The molecule has 3 aromatic heterocycles. The Morgan fingerprint density at radius 1 is 1.17 bits per heavy atom. The predicted molar refractivity (Wildman–Crippen MR) is 136 cm³/mol. The summed E-state index contributed by atoms with van der Waals surface area (Å²) in [6.07, 6.45) is 7.99. The van der Waals surface area contributed by atoms with Crippen molar-refractivity contribution in [3.63, 3.8) is 0 Å². The van der Waals surface area contributed by atoms with Crippen LogP contribution >= 0.6 is 11.6 Å². The van der Waals surface area contributed by atoms with Crippen LogP contribution in [-0.4, -0.2) is 31.2 Å². The Hall–Kier alpha value is -3.69. The maximum Gasteiger partial charge on any atom is 0.166 e. The first kappa shape index (κ1) is 22.8. The van der Waals surface area contributed by atoms with Crippen LogP contribution in [0.15, 0.2) is 55.0 Å². The standard InChI is InChI=1S/C26H24ClFN6O2/c1-15(36-24-11-16-9-20(28)19(27)13-21(16)32-26(24)29)18-12-22-17(10-23(18)33-7-4-6-30-33)14-31-34(22)25-5-2-3-8-35-25/h4,6-7,9-15,25H,2-3,5,8H2,1H3,(H2,29,32). The minimum atomic E-state index is -0.528. The lowest BCUT2D eigenvalue weighted by Gasteiger charge is -2.24. The molecule has 0 spiro atoms. The van der Waals surface area contributed by atoms with Crippen molar-refractivity contribution in [2.75, 3.05) is 12.3 Å². The van der Waals surface area contributed by atoms with Crippen LogP contribution in [0.2, 0.25) is 5.02 Å². The lowest BCUT2D eigenvalue weighted by atomic mass is 10.0. The highest BCUT2D eigenvalue weighted by Gasteiger charge is 2.23. The normalized spacial score (nSPS) is 17.0. The van der Waals surface area contributed by atoms with Gasteiger partial charge in [0.2, 0.25) is 0 Å². The molecule has 0 radical (unpaired) electrons. The van der Waals surface area contributed by atoms with E-state index in [1.807, 2.05) is 36.1 Å². The number of nitrogens with two attached hydrogens (primary N) is 1. The maximum absolute atomic E-state index is 14.1. The van der Waals surface area contributed by atoms with Gasteiger partial charge in [-0.15, -0.1) is 0 Å². The van der Waals surface area contributed by atoms with Crippen LogP contribution in [-0.2, 0) is 4.74 Å². The molecule has 184 valence electrons. The van der Waals surface area contributed by atoms with Crippen molar-refractivity contribution in [2.24, 2.45) is 0 Å². The molecule has 2 aromatic carbocycles. The summed E-state index contributed by atoms with van der Waals surface area (Å²) >= 11 is 5.91. The van der Waals surface area contributed by atoms with Crippen LogP contribution in [0.25, 0.3) is 27.5 Å². The summed E-state index contributed by atoms with van der Waals surface area (Å²) < 4.78 is 30.1. The number of nitrogen functional groups attached to an aromatic ring is 1. The van der Waals surface area contributed by atoms with Gasteiger partial charge in [-0.3, -0.25) is 0 Å². The molecule has 4 heterocycles. The number of hydrogen-bond donors (Lipinski definition) is 1. The van der Waals surface area contributed by atoms with Gasteiger partial charge in [-0.2, -0.15) is 10.2 Å². The number of pyridine rings is 1. The van der Waals surface area contributed by atoms with Gasteiger partial charge in [0.15, 0.2) is 17.8 Å². The van der Waals surface area contributed by atoms with Gasteiger partial charge < -0.3 is 15.2 Å². The third kappa shape index (κ3) is 4.04. The first-order chi connectivity index (χ1) is 17.5. The second-order valence-electron chi connectivity index (χ2n) is 8.92. The number of anilines is 1. The number of hydrogen-bond acceptors (Lipinski definition) is 6. The van der Waals surface area contributed by atoms with E-state index >= 15 is 0 Å². The number of benzene rings is 2. The van der Waals surface area contributed by atoms with E-state index in [1.54, 1.807) is 16.9 Å². The van der Waals surface area contributed by atoms with E-state index in [0.717, 1.165) is 48.0 Å². The zero-order valence-corrected chi connectivity index (χ0v) is 20.3. The summed E-state index contributed by atoms with van der Waals surface area (Å²) in [6.45, 7) is 2.65. The van der Waals surface area contributed by atoms with Crippen LogP contribution < -0.4 is 10.5 Å². The summed E-state index contributed by atoms with van der Waals surface area (Å²) in [7, 11) is 0. The molecule has 10 heteroatoms. The molecule has 5 aromatic rings. The van der Waals surface area contributed by atoms with Gasteiger partial charge in [0, 0.05) is 35.3 Å². The van der Waals surface area contributed by atoms with Crippen molar-refractivity contribution in [3.8, 4) is 11.4 Å². The molecule has 1 saturated heterocycles. The highest BCUT2D eigenvalue weighted by atomic mass is 35.5. The Labute approximate surface area is 211 Å². The van der Waals surface area contributed by atoms with Gasteiger partial charge in [-0.1, -0.05) is 11.6 Å². The Bertz CT molecular complexity index is 1560. The Kier molecular flexibility index (Phi) is 5.73. The first-order valence-corrected chi connectivity index (χ1v) is 12.2. The topological polar surface area (TPSA) is 93.0 Å². The summed E-state index contributed by atoms with van der Waals surface area (Å²) in [5.41, 5.74) is 9.39. The first-order valence-electron chi connectivity index (χ1n) is 11.8. The van der Waals surface area contributed by atoms with Gasteiger partial charge >= 0.3 is 0 Å². The lowest BCUT2D eigenvalue weighted by Crippen LogP contribution is -2.19. The summed E-state index contributed by atoms with van der Waals surface area (Å²) in [5, 5.41) is 10.6. The van der Waals surface area contributed by atoms with E-state index in [2.05, 4.69) is 21.2 Å². The number of aromatic nitrogens is 5. The molecule has 0 saturated carbocycles. The minimum Gasteiger partial charge on any atom is -0.482 e. The average molecular weight is 507 g/mol. The Morgan fingerprint density at radius 2 is 2.06 bits per heavy atom. The monoisotopic (exact) mass is 506 g/mol. The van der Waals surface area contributed by atoms with Crippen molar-refractivity contribution in [1.29, 1.82) is 0 Å². The lowest BCUT2D eigenvalue weighted by molar-refractivity contribution is -0.0366. The van der Waals surface area contributed by atoms with E-state index < -0.39 is 11.9 Å². The fourth-order valence-corrected chi connectivity index (χ4v) is 4.85. The molecule has 2 N–H and O–H groups in total. The molecule has 0 aliphatic carbocycles. The van der Waals surface area contributed by atoms with Crippen molar-refractivity contribution < 1.29 is 13.9 Å². The molecule has 8 nitrogen and oxygen atoms in total. The van der Waals surface area contributed by atoms with Gasteiger partial charge in [0.05, 0.1) is 27.9 Å². The molecular weight excluding hydrogens is 483 g/mol. The molecule has 0 bridgehead atoms. The van der Waals surface area contributed by atoms with Crippen LogP contribution in [0.1, 0.15) is 44.1 Å². The van der Waals surface area contributed by atoms with Crippen molar-refractivity contribution in [1.82, 2.24) is 24.5 Å². The summed E-state index contributed by atoms with van der Waals surface area (Å²) in [5.74, 6) is 0.0195. The zero-order valence-electron chi connectivity index (χ0n) is 19.6. The van der Waals surface area contributed by atoms with Crippen molar-refractivity contribution in [3.05, 3.63) is 71.4 Å². The van der Waals surface area contributed by atoms with E-state index in [0.29, 0.717) is 16.7 Å². The van der Waals surface area contributed by atoms with Gasteiger partial charge in [-0.05, 0) is 62.6 Å². The third-order valence-electron chi connectivity index (χ3n) is 6.51. The van der Waals surface area contributed by atoms with Gasteiger partial charge in [-0.25, -0.2) is 18.7 Å². The van der Waals surface area contributed by atoms with Crippen molar-refractivity contribution >= 4 is 39.2 Å². The van der Waals surface area contributed by atoms with Crippen LogP contribution in [0.4, 0.5) is 10.2 Å². The third-order valence-corrected chi connectivity index (χ3v) is 6.80. The molecule has 2 atom stereocenters. The average Bonchev–Trinajstić information content (AvgIpc) is 3.55. The minimum absolute atomic E-state index is 0.00726. The Morgan fingerprint density at radius 3 is 2.83 bits per heavy atom. The number of nitrogens with zero attached hydrogens (tertiary/aromatic N) is 5. The molecule has 1 fully saturated rings. The maximum atomic E-state index is 14.1. The van der Waals surface area contributed by atoms with Crippen LogP contribution in [0.5, 0.6) is 5.75 Å². The highest BCUT2D eigenvalue weighted by molar-refractivity contribution is 6.31. The highest BCUT2D eigenvalue weighted by Crippen LogP contribution is 2.35. The molecule has 1 aliphatic rings. The fourth-order valence-electron chi connectivity index (χ4n) is 4.69. The Balaban J connectivity index is 1.43. The van der Waals surface area contributed by atoms with Crippen LogP contribution in [0.3, 0.4) is 0 Å². The molecule has 36 heavy (non-hydrogen) atoms. The summed E-state index contributed by atoms with van der Waals surface area (Å²) in [6, 6.07) is 10.4. The van der Waals surface area contributed by atoms with Crippen LogP contribution in [0, 0.1) is 5.82 Å². The zero-order chi connectivity index (χ0) is 24.8.